The van der Waals surface area contributed by atoms with Crippen LogP contribution in [0.15, 0.2) is 64.5 Å². The third-order valence-corrected chi connectivity index (χ3v) is 4.90. The van der Waals surface area contributed by atoms with Crippen molar-refractivity contribution < 1.29 is 14.3 Å². The van der Waals surface area contributed by atoms with Gasteiger partial charge >= 0.3 is 0 Å². The lowest BCUT2D eigenvalue weighted by Crippen LogP contribution is -2.13. The lowest BCUT2D eigenvalue weighted by molar-refractivity contribution is 0.102. The summed E-state index contributed by atoms with van der Waals surface area (Å²) in [6.07, 6.45) is 0. The maximum atomic E-state index is 12.3. The monoisotopic (exact) mass is 430 g/mol. The van der Waals surface area contributed by atoms with Crippen LogP contribution in [0.25, 0.3) is 0 Å². The van der Waals surface area contributed by atoms with Gasteiger partial charge in [-0.15, -0.1) is 11.3 Å². The maximum Gasteiger partial charge on any atom is 0.265 e. The molecule has 1 heterocycles. The van der Waals surface area contributed by atoms with E-state index < -0.39 is 0 Å². The quantitative estimate of drug-likeness (QED) is 0.596. The van der Waals surface area contributed by atoms with E-state index in [0.29, 0.717) is 27.6 Å². The average Bonchev–Trinajstić information content (AvgIpc) is 3.17. The summed E-state index contributed by atoms with van der Waals surface area (Å²) < 4.78 is 6.17. The number of hydrogen-bond donors (Lipinski definition) is 2. The molecule has 0 spiro atoms. The second kappa shape index (κ2) is 8.16. The van der Waals surface area contributed by atoms with Crippen molar-refractivity contribution in [2.45, 2.75) is 0 Å². The predicted molar refractivity (Wildman–Crippen MR) is 107 cm³/mol. The zero-order valence-electron chi connectivity index (χ0n) is 13.8. The number of hydrogen-bond acceptors (Lipinski definition) is 4. The van der Waals surface area contributed by atoms with Gasteiger partial charge < -0.3 is 15.4 Å². The van der Waals surface area contributed by atoms with E-state index in [9.17, 15) is 9.59 Å². The van der Waals surface area contributed by atoms with Gasteiger partial charge in [0, 0.05) is 21.8 Å². The number of benzene rings is 2. The largest absolute Gasteiger partial charge is 0.494 e. The number of ether oxygens (including phenoxy) is 1. The number of methoxy groups -OCH3 is 1. The van der Waals surface area contributed by atoms with Crippen molar-refractivity contribution in [3.05, 3.63) is 74.9 Å². The summed E-state index contributed by atoms with van der Waals surface area (Å²) in [4.78, 5) is 25.1. The van der Waals surface area contributed by atoms with Gasteiger partial charge in [0.15, 0.2) is 0 Å². The van der Waals surface area contributed by atoms with Crippen LogP contribution in [0.5, 0.6) is 5.75 Å². The van der Waals surface area contributed by atoms with Gasteiger partial charge in [0.2, 0.25) is 0 Å². The normalized spacial score (nSPS) is 10.2. The first-order valence-corrected chi connectivity index (χ1v) is 9.34. The molecular weight excluding hydrogens is 416 g/mol. The van der Waals surface area contributed by atoms with Gasteiger partial charge in [-0.1, -0.05) is 28.1 Å². The Morgan fingerprint density at radius 1 is 1.00 bits per heavy atom. The second-order valence-corrected chi connectivity index (χ2v) is 7.17. The van der Waals surface area contributed by atoms with Crippen LogP contribution in [-0.2, 0) is 0 Å². The van der Waals surface area contributed by atoms with Crippen molar-refractivity contribution in [3.8, 4) is 5.75 Å². The number of halogens is 1. The van der Waals surface area contributed by atoms with Gasteiger partial charge in [-0.05, 0) is 41.8 Å². The molecule has 3 rings (SSSR count). The Kier molecular flexibility index (Phi) is 5.70. The van der Waals surface area contributed by atoms with Gasteiger partial charge in [0.05, 0.1) is 17.7 Å². The van der Waals surface area contributed by atoms with E-state index >= 15 is 0 Å². The summed E-state index contributed by atoms with van der Waals surface area (Å²) in [5, 5.41) is 7.47. The molecule has 5 nitrogen and oxygen atoms in total. The first-order chi connectivity index (χ1) is 12.6. The fourth-order valence-corrected chi connectivity index (χ4v) is 3.32. The summed E-state index contributed by atoms with van der Waals surface area (Å²) in [6, 6.07) is 15.8. The van der Waals surface area contributed by atoms with Crippen LogP contribution in [0.1, 0.15) is 20.0 Å². The molecule has 0 atom stereocenters. The minimum atomic E-state index is -0.233. The highest BCUT2D eigenvalue weighted by molar-refractivity contribution is 9.10. The fourth-order valence-electron chi connectivity index (χ4n) is 2.30. The molecular formula is C19H15BrN2O3S. The van der Waals surface area contributed by atoms with Crippen molar-refractivity contribution in [1.82, 2.24) is 0 Å². The third-order valence-electron chi connectivity index (χ3n) is 3.54. The van der Waals surface area contributed by atoms with E-state index in [1.54, 1.807) is 42.5 Å². The zero-order valence-corrected chi connectivity index (χ0v) is 16.2. The number of thiophene rings is 1. The average molecular weight is 431 g/mol. The first-order valence-electron chi connectivity index (χ1n) is 7.66. The summed E-state index contributed by atoms with van der Waals surface area (Å²) in [7, 11) is 1.51. The van der Waals surface area contributed by atoms with Crippen molar-refractivity contribution in [2.75, 3.05) is 17.7 Å². The van der Waals surface area contributed by atoms with E-state index in [-0.39, 0.29) is 11.8 Å². The number of rotatable bonds is 5. The van der Waals surface area contributed by atoms with Crippen LogP contribution >= 0.6 is 27.3 Å². The smallest absolute Gasteiger partial charge is 0.265 e. The van der Waals surface area contributed by atoms with Gasteiger partial charge in [0.1, 0.15) is 5.75 Å². The van der Waals surface area contributed by atoms with E-state index in [4.69, 9.17) is 4.74 Å². The van der Waals surface area contributed by atoms with E-state index in [1.165, 1.54) is 18.4 Å². The Morgan fingerprint density at radius 2 is 1.85 bits per heavy atom. The van der Waals surface area contributed by atoms with E-state index in [2.05, 4.69) is 26.6 Å². The molecule has 2 amide bonds. The standard InChI is InChI=1S/C19H15BrN2O3S/c1-25-16-11-14(21-18(23)12-4-2-5-13(20)10-12)7-8-15(16)22-19(24)17-6-3-9-26-17/h2-11H,1H3,(H,21,23)(H,22,24). The number of anilines is 2. The molecule has 7 heteroatoms. The highest BCUT2D eigenvalue weighted by atomic mass is 79.9. The summed E-state index contributed by atoms with van der Waals surface area (Å²) in [6.45, 7) is 0. The lowest BCUT2D eigenvalue weighted by atomic mass is 10.2. The SMILES string of the molecule is COc1cc(NC(=O)c2cccc(Br)c2)ccc1NC(=O)c1cccs1. The van der Waals surface area contributed by atoms with Crippen LogP contribution < -0.4 is 15.4 Å². The molecule has 2 N–H and O–H groups in total. The van der Waals surface area contributed by atoms with Gasteiger partial charge in [-0.25, -0.2) is 0 Å². The molecule has 3 aromatic rings. The van der Waals surface area contributed by atoms with Crippen LogP contribution in [-0.4, -0.2) is 18.9 Å². The van der Waals surface area contributed by atoms with Crippen molar-refractivity contribution in [2.24, 2.45) is 0 Å². The molecule has 132 valence electrons. The fraction of sp³-hybridized carbons (Fsp3) is 0.0526. The first kappa shape index (κ1) is 18.2. The summed E-state index contributed by atoms with van der Waals surface area (Å²) in [5.41, 5.74) is 1.64. The van der Waals surface area contributed by atoms with Crippen LogP contribution in [0.2, 0.25) is 0 Å². The Balaban J connectivity index is 1.76. The Bertz CT molecular complexity index is 942. The summed E-state index contributed by atoms with van der Waals surface area (Å²) >= 11 is 4.71. The van der Waals surface area contributed by atoms with Crippen molar-refractivity contribution in [3.63, 3.8) is 0 Å². The molecule has 1 aromatic heterocycles. The van der Waals surface area contributed by atoms with Crippen LogP contribution in [0.3, 0.4) is 0 Å². The van der Waals surface area contributed by atoms with Gasteiger partial charge in [0.25, 0.3) is 11.8 Å². The number of amides is 2. The molecule has 0 aliphatic heterocycles. The van der Waals surface area contributed by atoms with Gasteiger partial charge in [-0.2, -0.15) is 0 Å². The molecule has 0 unspecified atom stereocenters. The molecule has 0 fully saturated rings. The molecule has 2 aromatic carbocycles. The molecule has 0 radical (unpaired) electrons. The predicted octanol–water partition coefficient (Wildman–Crippen LogP) is 5.02. The molecule has 0 bridgehead atoms. The minimum Gasteiger partial charge on any atom is -0.494 e. The Morgan fingerprint density at radius 3 is 2.54 bits per heavy atom. The highest BCUT2D eigenvalue weighted by Gasteiger charge is 2.13. The molecule has 0 saturated carbocycles. The van der Waals surface area contributed by atoms with E-state index in [0.717, 1.165) is 4.47 Å². The Labute approximate surface area is 163 Å². The molecule has 26 heavy (non-hydrogen) atoms. The van der Waals surface area contributed by atoms with Gasteiger partial charge in [-0.3, -0.25) is 9.59 Å². The van der Waals surface area contributed by atoms with Crippen LogP contribution in [0.4, 0.5) is 11.4 Å². The molecule has 0 saturated heterocycles. The topological polar surface area (TPSA) is 67.4 Å². The lowest BCUT2D eigenvalue weighted by Gasteiger charge is -2.12. The second-order valence-electron chi connectivity index (χ2n) is 5.31. The number of carbonyl (C=O) groups is 2. The van der Waals surface area contributed by atoms with Crippen molar-refractivity contribution >= 4 is 50.5 Å². The van der Waals surface area contributed by atoms with E-state index in [1.807, 2.05) is 17.5 Å². The highest BCUT2D eigenvalue weighted by Crippen LogP contribution is 2.29. The maximum absolute atomic E-state index is 12.3. The Hall–Kier alpha value is -2.64. The number of nitrogens with one attached hydrogen (secondary N) is 2. The third kappa shape index (κ3) is 4.30. The molecule has 0 aliphatic carbocycles. The molecule has 0 aliphatic rings. The summed E-state index contributed by atoms with van der Waals surface area (Å²) in [5.74, 6) is 0.0230. The minimum absolute atomic E-state index is 0.204. The van der Waals surface area contributed by atoms with Crippen molar-refractivity contribution in [1.29, 1.82) is 0 Å². The number of carbonyl (C=O) groups excluding carboxylic acids is 2. The zero-order chi connectivity index (χ0) is 18.5. The van der Waals surface area contributed by atoms with Crippen LogP contribution in [0, 0.1) is 0 Å².